The molecule has 0 aromatic carbocycles. The van der Waals surface area contributed by atoms with Gasteiger partial charge in [-0.15, -0.1) is 0 Å². The Bertz CT molecular complexity index is 251. The number of rotatable bonds is 8. The van der Waals surface area contributed by atoms with Gasteiger partial charge in [0.1, 0.15) is 0 Å². The molecule has 0 radical (unpaired) electrons. The van der Waals surface area contributed by atoms with Gasteiger partial charge in [-0.05, 0) is 25.8 Å². The third kappa shape index (κ3) is 5.80. The van der Waals surface area contributed by atoms with Gasteiger partial charge < -0.3 is 15.4 Å². The number of hydrogen-bond donors (Lipinski definition) is 2. The van der Waals surface area contributed by atoms with Gasteiger partial charge in [-0.3, -0.25) is 9.69 Å². The van der Waals surface area contributed by atoms with Crippen LogP contribution in [-0.2, 0) is 9.53 Å². The van der Waals surface area contributed by atoms with E-state index in [1.165, 1.54) is 12.8 Å². The lowest BCUT2D eigenvalue weighted by molar-refractivity contribution is -0.121. The number of ether oxygens (including phenoxy) is 1. The molecule has 1 amide bonds. The topological polar surface area (TPSA) is 53.6 Å². The van der Waals surface area contributed by atoms with Crippen LogP contribution in [0.15, 0.2) is 0 Å². The van der Waals surface area contributed by atoms with E-state index in [2.05, 4.69) is 15.5 Å². The Morgan fingerprint density at radius 2 is 2.00 bits per heavy atom. The molecule has 0 aromatic heterocycles. The summed E-state index contributed by atoms with van der Waals surface area (Å²) in [6.07, 6.45) is 4.19. The van der Waals surface area contributed by atoms with Crippen LogP contribution in [0.4, 0.5) is 0 Å². The normalized spacial score (nSPS) is 20.9. The van der Waals surface area contributed by atoms with Gasteiger partial charge >= 0.3 is 0 Å². The quantitative estimate of drug-likeness (QED) is 0.598. The molecule has 0 atom stereocenters. The van der Waals surface area contributed by atoms with E-state index in [4.69, 9.17) is 4.74 Å². The number of hydrogen-bond acceptors (Lipinski definition) is 4. The fourth-order valence-electron chi connectivity index (χ4n) is 2.12. The van der Waals surface area contributed by atoms with Crippen LogP contribution in [0.2, 0.25) is 0 Å². The van der Waals surface area contributed by atoms with E-state index in [0.717, 1.165) is 52.4 Å². The van der Waals surface area contributed by atoms with E-state index in [1.54, 1.807) is 0 Å². The predicted octanol–water partition coefficient (Wildman–Crippen LogP) is -0.0330. The zero-order valence-corrected chi connectivity index (χ0v) is 11.1. The molecule has 104 valence electrons. The van der Waals surface area contributed by atoms with Gasteiger partial charge in [-0.2, -0.15) is 0 Å². The zero-order valence-electron chi connectivity index (χ0n) is 11.1. The molecule has 1 aliphatic heterocycles. The van der Waals surface area contributed by atoms with Crippen LogP contribution < -0.4 is 10.6 Å². The van der Waals surface area contributed by atoms with Gasteiger partial charge in [0.2, 0.25) is 5.91 Å². The van der Waals surface area contributed by atoms with Crippen LogP contribution in [0.25, 0.3) is 0 Å². The first-order chi connectivity index (χ1) is 8.84. The third-order valence-electron chi connectivity index (χ3n) is 3.44. The highest BCUT2D eigenvalue weighted by molar-refractivity contribution is 5.75. The lowest BCUT2D eigenvalue weighted by Gasteiger charge is -2.26. The van der Waals surface area contributed by atoms with Crippen LogP contribution in [0.5, 0.6) is 0 Å². The monoisotopic (exact) mass is 255 g/mol. The summed E-state index contributed by atoms with van der Waals surface area (Å²) in [7, 11) is 0. The van der Waals surface area contributed by atoms with Crippen molar-refractivity contribution in [3.8, 4) is 0 Å². The first-order valence-electron chi connectivity index (χ1n) is 7.15. The van der Waals surface area contributed by atoms with Crippen molar-refractivity contribution < 1.29 is 9.53 Å². The molecule has 18 heavy (non-hydrogen) atoms. The summed E-state index contributed by atoms with van der Waals surface area (Å²) in [5, 5.41) is 6.33. The summed E-state index contributed by atoms with van der Waals surface area (Å²) in [5.74, 6) is 0.171. The second-order valence-electron chi connectivity index (χ2n) is 5.14. The molecular weight excluding hydrogens is 230 g/mol. The predicted molar refractivity (Wildman–Crippen MR) is 70.5 cm³/mol. The minimum Gasteiger partial charge on any atom is -0.379 e. The number of nitrogens with zero attached hydrogens (tertiary/aromatic N) is 1. The fraction of sp³-hybridized carbons (Fsp3) is 0.923. The van der Waals surface area contributed by atoms with E-state index in [1.807, 2.05) is 0 Å². The molecule has 0 aromatic rings. The molecule has 0 bridgehead atoms. The van der Waals surface area contributed by atoms with Crippen LogP contribution in [0, 0.1) is 0 Å². The Kier molecular flexibility index (Phi) is 5.90. The van der Waals surface area contributed by atoms with E-state index >= 15 is 0 Å². The number of amides is 1. The summed E-state index contributed by atoms with van der Waals surface area (Å²) < 4.78 is 5.29. The maximum Gasteiger partial charge on any atom is 0.221 e. The Morgan fingerprint density at radius 3 is 2.72 bits per heavy atom. The van der Waals surface area contributed by atoms with E-state index in [9.17, 15) is 4.79 Å². The minimum atomic E-state index is 0.171. The molecular formula is C13H25N3O2. The van der Waals surface area contributed by atoms with Gasteiger partial charge in [-0.25, -0.2) is 0 Å². The third-order valence-corrected chi connectivity index (χ3v) is 3.44. The van der Waals surface area contributed by atoms with Gasteiger partial charge in [0.05, 0.1) is 13.2 Å². The van der Waals surface area contributed by atoms with Gasteiger partial charge in [-0.1, -0.05) is 0 Å². The average molecular weight is 255 g/mol. The number of carbonyl (C=O) groups excluding carboxylic acids is 1. The Hall–Kier alpha value is -0.650. The Morgan fingerprint density at radius 1 is 1.22 bits per heavy atom. The molecule has 5 nitrogen and oxygen atoms in total. The summed E-state index contributed by atoms with van der Waals surface area (Å²) in [5.41, 5.74) is 0. The fourth-order valence-corrected chi connectivity index (χ4v) is 2.12. The molecule has 0 unspecified atom stereocenters. The molecule has 1 saturated heterocycles. The smallest absolute Gasteiger partial charge is 0.221 e. The molecule has 1 saturated carbocycles. The highest BCUT2D eigenvalue weighted by Crippen LogP contribution is 2.18. The lowest BCUT2D eigenvalue weighted by Crippen LogP contribution is -2.38. The van der Waals surface area contributed by atoms with Gasteiger partial charge in [0, 0.05) is 38.6 Å². The number of carbonyl (C=O) groups is 1. The van der Waals surface area contributed by atoms with Crippen molar-refractivity contribution in [1.82, 2.24) is 15.5 Å². The van der Waals surface area contributed by atoms with Crippen LogP contribution in [0.3, 0.4) is 0 Å². The van der Waals surface area contributed by atoms with Crippen LogP contribution >= 0.6 is 0 Å². The maximum absolute atomic E-state index is 11.5. The lowest BCUT2D eigenvalue weighted by atomic mass is 10.3. The maximum atomic E-state index is 11.5. The van der Waals surface area contributed by atoms with Crippen molar-refractivity contribution in [2.75, 3.05) is 45.9 Å². The first-order valence-corrected chi connectivity index (χ1v) is 7.15. The highest BCUT2D eigenvalue weighted by atomic mass is 16.5. The standard InChI is InChI=1S/C13H25N3O2/c17-13(4-6-14-12-2-3-12)15-5-1-7-16-8-10-18-11-9-16/h12,14H,1-11H2,(H,15,17). The van der Waals surface area contributed by atoms with E-state index in [0.29, 0.717) is 12.5 Å². The molecule has 1 heterocycles. The average Bonchev–Trinajstić information content (AvgIpc) is 3.20. The summed E-state index contributed by atoms with van der Waals surface area (Å²) >= 11 is 0. The highest BCUT2D eigenvalue weighted by Gasteiger charge is 2.19. The van der Waals surface area contributed by atoms with Crippen LogP contribution in [0.1, 0.15) is 25.7 Å². The molecule has 2 N–H and O–H groups in total. The summed E-state index contributed by atoms with van der Waals surface area (Å²) in [6, 6.07) is 0.694. The molecule has 2 fully saturated rings. The molecule has 0 spiro atoms. The Balaban J connectivity index is 1.40. The van der Waals surface area contributed by atoms with Gasteiger partial charge in [0.25, 0.3) is 0 Å². The molecule has 5 heteroatoms. The summed E-state index contributed by atoms with van der Waals surface area (Å²) in [6.45, 7) is 6.42. The second kappa shape index (κ2) is 7.71. The van der Waals surface area contributed by atoms with Crippen molar-refractivity contribution in [3.63, 3.8) is 0 Å². The van der Waals surface area contributed by atoms with E-state index in [-0.39, 0.29) is 5.91 Å². The SMILES string of the molecule is O=C(CCNC1CC1)NCCCN1CCOCC1. The molecule has 2 rings (SSSR count). The van der Waals surface area contributed by atoms with Crippen molar-refractivity contribution >= 4 is 5.91 Å². The van der Waals surface area contributed by atoms with E-state index < -0.39 is 0 Å². The molecule has 2 aliphatic rings. The largest absolute Gasteiger partial charge is 0.379 e. The first kappa shape index (κ1) is 13.8. The minimum absolute atomic E-state index is 0.171. The number of morpholine rings is 1. The molecule has 1 aliphatic carbocycles. The second-order valence-corrected chi connectivity index (χ2v) is 5.14. The van der Waals surface area contributed by atoms with Crippen LogP contribution in [-0.4, -0.2) is 62.8 Å². The zero-order chi connectivity index (χ0) is 12.6. The van der Waals surface area contributed by atoms with Crippen molar-refractivity contribution in [3.05, 3.63) is 0 Å². The Labute approximate surface area is 109 Å². The number of nitrogens with one attached hydrogen (secondary N) is 2. The summed E-state index contributed by atoms with van der Waals surface area (Å²) in [4.78, 5) is 13.9. The van der Waals surface area contributed by atoms with Gasteiger partial charge in [0.15, 0.2) is 0 Å². The van der Waals surface area contributed by atoms with Crippen molar-refractivity contribution in [2.24, 2.45) is 0 Å². The van der Waals surface area contributed by atoms with Crippen molar-refractivity contribution in [1.29, 1.82) is 0 Å². The van der Waals surface area contributed by atoms with Crippen molar-refractivity contribution in [2.45, 2.75) is 31.7 Å².